The molecule has 2 aromatic carbocycles. The van der Waals surface area contributed by atoms with Crippen molar-refractivity contribution in [3.63, 3.8) is 0 Å². The van der Waals surface area contributed by atoms with Crippen LogP contribution in [0.5, 0.6) is 0 Å². The molecule has 1 aromatic heterocycles. The predicted octanol–water partition coefficient (Wildman–Crippen LogP) is 2.89. The van der Waals surface area contributed by atoms with E-state index < -0.39 is 12.0 Å². The maximum atomic E-state index is 12.5. The van der Waals surface area contributed by atoms with Crippen molar-refractivity contribution in [2.24, 2.45) is 0 Å². The molecule has 3 rings (SSSR count). The number of hydrogen-bond donors (Lipinski definition) is 2. The van der Waals surface area contributed by atoms with E-state index in [1.807, 2.05) is 0 Å². The Morgan fingerprint density at radius 2 is 1.81 bits per heavy atom. The minimum atomic E-state index is -1.35. The van der Waals surface area contributed by atoms with E-state index in [9.17, 15) is 14.7 Å². The lowest BCUT2D eigenvalue weighted by Crippen LogP contribution is -2.36. The number of imidazole rings is 1. The first-order valence-corrected chi connectivity index (χ1v) is 6.23. The second-order valence-corrected chi connectivity index (χ2v) is 4.37. The molecule has 0 spiro atoms. The van der Waals surface area contributed by atoms with Crippen LogP contribution in [-0.2, 0) is 0 Å². The molecule has 0 saturated carbocycles. The Morgan fingerprint density at radius 3 is 2.52 bits per heavy atom. The molecular formula is C15H11N3O3. The number of anilines is 1. The van der Waals surface area contributed by atoms with Gasteiger partial charge in [-0.2, -0.15) is 0 Å². The standard InChI is InChI=1S/C15H11N3O3/c19-14(10-5-2-1-3-6-10)18(15(20)21)12-8-4-7-11-13(12)17-9-16-11/h1-9H,(H,16,17)(H,20,21). The molecule has 21 heavy (non-hydrogen) atoms. The zero-order chi connectivity index (χ0) is 14.8. The van der Waals surface area contributed by atoms with Crippen LogP contribution in [0.25, 0.3) is 11.0 Å². The second-order valence-electron chi connectivity index (χ2n) is 4.37. The summed E-state index contributed by atoms with van der Waals surface area (Å²) in [6.45, 7) is 0. The van der Waals surface area contributed by atoms with Gasteiger partial charge in [0.2, 0.25) is 0 Å². The molecule has 0 radical (unpaired) electrons. The molecule has 2 amide bonds. The summed E-state index contributed by atoms with van der Waals surface area (Å²) >= 11 is 0. The fourth-order valence-electron chi connectivity index (χ4n) is 2.14. The van der Waals surface area contributed by atoms with Crippen LogP contribution in [0.1, 0.15) is 10.4 Å². The highest BCUT2D eigenvalue weighted by Gasteiger charge is 2.26. The van der Waals surface area contributed by atoms with Gasteiger partial charge in [-0.25, -0.2) is 14.7 Å². The molecule has 0 bridgehead atoms. The molecule has 1 heterocycles. The van der Waals surface area contributed by atoms with E-state index in [0.717, 1.165) is 0 Å². The number of para-hydroxylation sites is 1. The third-order valence-electron chi connectivity index (χ3n) is 3.08. The number of aromatic nitrogens is 2. The van der Waals surface area contributed by atoms with E-state index in [1.54, 1.807) is 48.5 Å². The van der Waals surface area contributed by atoms with E-state index in [2.05, 4.69) is 9.97 Å². The van der Waals surface area contributed by atoms with E-state index >= 15 is 0 Å². The first-order chi connectivity index (χ1) is 10.2. The van der Waals surface area contributed by atoms with Crippen molar-refractivity contribution < 1.29 is 14.7 Å². The molecule has 6 heteroatoms. The molecule has 0 unspecified atom stereocenters. The number of aromatic amines is 1. The number of rotatable bonds is 2. The molecule has 0 atom stereocenters. The molecule has 104 valence electrons. The average Bonchev–Trinajstić information content (AvgIpc) is 2.97. The van der Waals surface area contributed by atoms with Crippen LogP contribution >= 0.6 is 0 Å². The Bertz CT molecular complexity index is 811. The maximum absolute atomic E-state index is 12.5. The number of amides is 2. The van der Waals surface area contributed by atoms with Gasteiger partial charge in [0.15, 0.2) is 0 Å². The molecule has 0 aliphatic rings. The number of H-pyrrole nitrogens is 1. The molecule has 2 N–H and O–H groups in total. The number of carboxylic acid groups (broad SMARTS) is 1. The normalized spacial score (nSPS) is 10.5. The first-order valence-electron chi connectivity index (χ1n) is 6.23. The van der Waals surface area contributed by atoms with Crippen molar-refractivity contribution in [1.82, 2.24) is 9.97 Å². The summed E-state index contributed by atoms with van der Waals surface area (Å²) in [7, 11) is 0. The minimum Gasteiger partial charge on any atom is -0.464 e. The number of fused-ring (bicyclic) bond motifs is 1. The summed E-state index contributed by atoms with van der Waals surface area (Å²) in [6, 6.07) is 13.3. The van der Waals surface area contributed by atoms with Gasteiger partial charge in [-0.05, 0) is 24.3 Å². The van der Waals surface area contributed by atoms with Gasteiger partial charge in [0.05, 0.1) is 17.5 Å². The summed E-state index contributed by atoms with van der Waals surface area (Å²) in [4.78, 5) is 31.7. The van der Waals surface area contributed by atoms with Crippen LogP contribution in [0.2, 0.25) is 0 Å². The van der Waals surface area contributed by atoms with Gasteiger partial charge in [-0.3, -0.25) is 4.79 Å². The Morgan fingerprint density at radius 1 is 1.05 bits per heavy atom. The predicted molar refractivity (Wildman–Crippen MR) is 77.4 cm³/mol. The molecule has 0 fully saturated rings. The maximum Gasteiger partial charge on any atom is 0.419 e. The number of nitrogens with one attached hydrogen (secondary N) is 1. The van der Waals surface area contributed by atoms with Gasteiger partial charge in [-0.15, -0.1) is 0 Å². The second kappa shape index (κ2) is 5.09. The summed E-state index contributed by atoms with van der Waals surface area (Å²) in [5, 5.41) is 9.42. The van der Waals surface area contributed by atoms with E-state index in [1.165, 1.54) is 6.33 Å². The lowest BCUT2D eigenvalue weighted by Gasteiger charge is -2.17. The van der Waals surface area contributed by atoms with Gasteiger partial charge in [0.25, 0.3) is 5.91 Å². The van der Waals surface area contributed by atoms with Crippen molar-refractivity contribution in [3.05, 3.63) is 60.4 Å². The van der Waals surface area contributed by atoms with Crippen LogP contribution in [0.3, 0.4) is 0 Å². The molecule has 3 aromatic rings. The van der Waals surface area contributed by atoms with Crippen LogP contribution in [0.15, 0.2) is 54.9 Å². The quantitative estimate of drug-likeness (QED) is 0.756. The van der Waals surface area contributed by atoms with Crippen LogP contribution in [-0.4, -0.2) is 27.1 Å². The summed E-state index contributed by atoms with van der Waals surface area (Å²) < 4.78 is 0. The number of benzene rings is 2. The molecule has 0 aliphatic heterocycles. The van der Waals surface area contributed by atoms with Gasteiger partial charge < -0.3 is 10.1 Å². The molecule has 6 nitrogen and oxygen atoms in total. The summed E-state index contributed by atoms with van der Waals surface area (Å²) in [5.41, 5.74) is 1.63. The zero-order valence-corrected chi connectivity index (χ0v) is 10.9. The van der Waals surface area contributed by atoms with Crippen molar-refractivity contribution in [1.29, 1.82) is 0 Å². The summed E-state index contributed by atoms with van der Waals surface area (Å²) in [5.74, 6) is -0.612. The largest absolute Gasteiger partial charge is 0.464 e. The average molecular weight is 281 g/mol. The third kappa shape index (κ3) is 2.23. The number of hydrogen-bond acceptors (Lipinski definition) is 3. The first kappa shape index (κ1) is 12.9. The van der Waals surface area contributed by atoms with Crippen molar-refractivity contribution in [2.45, 2.75) is 0 Å². The zero-order valence-electron chi connectivity index (χ0n) is 10.9. The van der Waals surface area contributed by atoms with Gasteiger partial charge in [-0.1, -0.05) is 24.3 Å². The van der Waals surface area contributed by atoms with Crippen molar-refractivity contribution in [3.8, 4) is 0 Å². The highest BCUT2D eigenvalue weighted by molar-refractivity contribution is 6.21. The van der Waals surface area contributed by atoms with Crippen molar-refractivity contribution in [2.75, 3.05) is 4.90 Å². The minimum absolute atomic E-state index is 0.232. The van der Waals surface area contributed by atoms with E-state index in [0.29, 0.717) is 21.5 Å². The molecular weight excluding hydrogens is 270 g/mol. The van der Waals surface area contributed by atoms with Crippen LogP contribution in [0, 0.1) is 0 Å². The summed E-state index contributed by atoms with van der Waals surface area (Å²) in [6.07, 6.45) is 0.112. The third-order valence-corrected chi connectivity index (χ3v) is 3.08. The Balaban J connectivity index is 2.13. The fourth-order valence-corrected chi connectivity index (χ4v) is 2.14. The SMILES string of the molecule is O=C(O)N(C(=O)c1ccccc1)c1cccc2[nH]cnc12. The topological polar surface area (TPSA) is 86.3 Å². The Labute approximate surface area is 119 Å². The lowest BCUT2D eigenvalue weighted by molar-refractivity contribution is 0.0983. The smallest absolute Gasteiger partial charge is 0.419 e. The monoisotopic (exact) mass is 281 g/mol. The number of carbonyl (C=O) groups is 2. The van der Waals surface area contributed by atoms with Crippen LogP contribution < -0.4 is 4.90 Å². The van der Waals surface area contributed by atoms with Crippen LogP contribution in [0.4, 0.5) is 10.5 Å². The Hall–Kier alpha value is -3.15. The lowest BCUT2D eigenvalue weighted by atomic mass is 10.1. The van der Waals surface area contributed by atoms with E-state index in [-0.39, 0.29) is 5.69 Å². The van der Waals surface area contributed by atoms with E-state index in [4.69, 9.17) is 0 Å². The molecule has 0 saturated heterocycles. The number of nitrogens with zero attached hydrogens (tertiary/aromatic N) is 2. The number of carbonyl (C=O) groups excluding carboxylic acids is 1. The fraction of sp³-hybridized carbons (Fsp3) is 0. The van der Waals surface area contributed by atoms with Gasteiger partial charge in [0.1, 0.15) is 5.52 Å². The number of imide groups is 1. The van der Waals surface area contributed by atoms with Crippen molar-refractivity contribution >= 4 is 28.7 Å². The highest BCUT2D eigenvalue weighted by Crippen LogP contribution is 2.25. The highest BCUT2D eigenvalue weighted by atomic mass is 16.4. The molecule has 0 aliphatic carbocycles. The van der Waals surface area contributed by atoms with Gasteiger partial charge in [0, 0.05) is 5.56 Å². The van der Waals surface area contributed by atoms with Gasteiger partial charge >= 0.3 is 6.09 Å². The Kier molecular flexibility index (Phi) is 3.12.